The predicted octanol–water partition coefficient (Wildman–Crippen LogP) is 3.45. The predicted molar refractivity (Wildman–Crippen MR) is 152 cm³/mol. The Hall–Kier alpha value is -3.67. The maximum absolute atomic E-state index is 13.7. The summed E-state index contributed by atoms with van der Waals surface area (Å²) in [6.07, 6.45) is 1.01. The van der Waals surface area contributed by atoms with Gasteiger partial charge in [-0.1, -0.05) is 41.7 Å². The van der Waals surface area contributed by atoms with E-state index in [1.807, 2.05) is 30.3 Å². The summed E-state index contributed by atoms with van der Waals surface area (Å²) >= 11 is 1.45. The Morgan fingerprint density at radius 3 is 2.23 bits per heavy atom. The van der Waals surface area contributed by atoms with Gasteiger partial charge in [0.2, 0.25) is 5.91 Å². The Labute approximate surface area is 238 Å². The molecule has 2 aliphatic rings. The van der Waals surface area contributed by atoms with E-state index in [-0.39, 0.29) is 50.6 Å². The van der Waals surface area contributed by atoms with Gasteiger partial charge in [0.15, 0.2) is 5.69 Å². The molecule has 216 valence electrons. The van der Waals surface area contributed by atoms with Gasteiger partial charge < -0.3 is 29.9 Å². The highest BCUT2D eigenvalue weighted by molar-refractivity contribution is 7.19. The first-order chi connectivity index (χ1) is 19.0. The molecule has 0 bridgehead atoms. The Kier molecular flexibility index (Phi) is 9.28. The van der Waals surface area contributed by atoms with Gasteiger partial charge in [-0.3, -0.25) is 14.4 Å². The van der Waals surface area contributed by atoms with Crippen molar-refractivity contribution in [1.29, 1.82) is 0 Å². The van der Waals surface area contributed by atoms with Gasteiger partial charge in [-0.15, -0.1) is 0 Å². The largest absolute Gasteiger partial charge is 0.465 e. The second-order valence-corrected chi connectivity index (χ2v) is 12.0. The molecule has 0 unspecified atom stereocenters. The summed E-state index contributed by atoms with van der Waals surface area (Å²) in [5, 5.41) is 13.6. The number of hydrogen-bond acceptors (Lipinski definition) is 8. The Bertz CT molecular complexity index is 1210. The van der Waals surface area contributed by atoms with Gasteiger partial charge in [0.25, 0.3) is 5.91 Å². The van der Waals surface area contributed by atoms with Crippen LogP contribution in [0.4, 0.5) is 9.80 Å². The van der Waals surface area contributed by atoms with Crippen LogP contribution in [0.5, 0.6) is 0 Å². The van der Waals surface area contributed by atoms with E-state index in [1.165, 1.54) is 21.1 Å². The molecular weight excluding hydrogens is 534 g/mol. The number of nitrogens with zero attached hydrogens (tertiary/aromatic N) is 4. The molecule has 2 saturated heterocycles. The number of piperazine rings is 1. The van der Waals surface area contributed by atoms with Crippen LogP contribution < -0.4 is 10.2 Å². The van der Waals surface area contributed by atoms with Gasteiger partial charge in [0, 0.05) is 51.3 Å². The first kappa shape index (κ1) is 29.3. The smallest absolute Gasteiger partial charge is 0.407 e. The minimum atomic E-state index is -1.03. The molecule has 11 nitrogen and oxygen atoms in total. The summed E-state index contributed by atoms with van der Waals surface area (Å²) in [5.74, 6) is -1.30. The molecule has 1 aromatic carbocycles. The lowest BCUT2D eigenvalue weighted by Crippen LogP contribution is -2.55. The molecule has 1 atom stereocenters. The standard InChI is InChI=1S/C28H37N5O6S/c1-28(2,3)39-21(34)12-11-20(25(36)31-15-17-33(18-16-31)27(37)38)29-23(35)22-26(32-13-7-8-14-32)40-24(30-22)19-9-5-4-6-10-19/h4-6,9-10,20H,7-8,11-18H2,1-3H3,(H,29,35)(H,37,38)/t20-/m0/s1. The summed E-state index contributed by atoms with van der Waals surface area (Å²) in [4.78, 5) is 60.7. The first-order valence-corrected chi connectivity index (χ1v) is 14.4. The maximum atomic E-state index is 13.7. The maximum Gasteiger partial charge on any atom is 0.407 e. The zero-order valence-corrected chi connectivity index (χ0v) is 24.0. The lowest BCUT2D eigenvalue weighted by molar-refractivity contribution is -0.155. The molecule has 0 saturated carbocycles. The van der Waals surface area contributed by atoms with E-state index in [2.05, 4.69) is 10.2 Å². The molecule has 3 amide bonds. The molecule has 12 heteroatoms. The third kappa shape index (κ3) is 7.50. The summed E-state index contributed by atoms with van der Waals surface area (Å²) < 4.78 is 5.42. The molecule has 0 aliphatic carbocycles. The van der Waals surface area contributed by atoms with E-state index in [1.54, 1.807) is 20.8 Å². The van der Waals surface area contributed by atoms with Gasteiger partial charge in [0.1, 0.15) is 21.7 Å². The Morgan fingerprint density at radius 1 is 1.00 bits per heavy atom. The second kappa shape index (κ2) is 12.7. The van der Waals surface area contributed by atoms with Crippen molar-refractivity contribution in [3.05, 3.63) is 36.0 Å². The van der Waals surface area contributed by atoms with Crippen molar-refractivity contribution in [3.8, 4) is 10.6 Å². The number of benzene rings is 1. The zero-order chi connectivity index (χ0) is 28.9. The minimum absolute atomic E-state index is 0.0490. The molecule has 2 fully saturated rings. The molecule has 3 heterocycles. The summed E-state index contributed by atoms with van der Waals surface area (Å²) in [6, 6.07) is 8.65. The van der Waals surface area contributed by atoms with E-state index in [9.17, 15) is 24.3 Å². The SMILES string of the molecule is CC(C)(C)OC(=O)CC[C@H](NC(=O)c1nc(-c2ccccc2)sc1N1CCCC1)C(=O)N1CCN(C(=O)O)CC1. The number of hydrogen-bond donors (Lipinski definition) is 2. The van der Waals surface area contributed by atoms with E-state index in [4.69, 9.17) is 9.72 Å². The van der Waals surface area contributed by atoms with Crippen LogP contribution in [0.3, 0.4) is 0 Å². The molecule has 1 aromatic heterocycles. The number of rotatable bonds is 8. The number of anilines is 1. The first-order valence-electron chi connectivity index (χ1n) is 13.6. The average molecular weight is 572 g/mol. The Morgan fingerprint density at radius 2 is 1.62 bits per heavy atom. The van der Waals surface area contributed by atoms with Crippen molar-refractivity contribution >= 4 is 40.2 Å². The highest BCUT2D eigenvalue weighted by Crippen LogP contribution is 2.36. The molecule has 40 heavy (non-hydrogen) atoms. The minimum Gasteiger partial charge on any atom is -0.465 e. The average Bonchev–Trinajstić information content (AvgIpc) is 3.60. The Balaban J connectivity index is 1.55. The second-order valence-electron chi connectivity index (χ2n) is 11.0. The number of carboxylic acid groups (broad SMARTS) is 1. The number of ether oxygens (including phenoxy) is 1. The van der Waals surface area contributed by atoms with E-state index >= 15 is 0 Å². The van der Waals surface area contributed by atoms with Crippen LogP contribution in [0.2, 0.25) is 0 Å². The van der Waals surface area contributed by atoms with Crippen LogP contribution in [0.1, 0.15) is 56.9 Å². The van der Waals surface area contributed by atoms with Crippen molar-refractivity contribution < 1.29 is 29.0 Å². The summed E-state index contributed by atoms with van der Waals surface area (Å²) in [6.45, 7) is 7.72. The van der Waals surface area contributed by atoms with Crippen molar-refractivity contribution in [2.75, 3.05) is 44.2 Å². The topological polar surface area (TPSA) is 132 Å². The van der Waals surface area contributed by atoms with Crippen molar-refractivity contribution in [2.24, 2.45) is 0 Å². The van der Waals surface area contributed by atoms with Crippen LogP contribution in [0, 0.1) is 0 Å². The van der Waals surface area contributed by atoms with Gasteiger partial charge in [0.05, 0.1) is 0 Å². The normalized spacial score (nSPS) is 16.5. The molecule has 0 radical (unpaired) electrons. The van der Waals surface area contributed by atoms with Crippen molar-refractivity contribution in [1.82, 2.24) is 20.1 Å². The fraction of sp³-hybridized carbons (Fsp3) is 0.536. The van der Waals surface area contributed by atoms with Gasteiger partial charge >= 0.3 is 12.1 Å². The van der Waals surface area contributed by atoms with E-state index in [0.29, 0.717) is 5.01 Å². The molecule has 4 rings (SSSR count). The molecule has 2 N–H and O–H groups in total. The fourth-order valence-corrected chi connectivity index (χ4v) is 5.90. The van der Waals surface area contributed by atoms with E-state index in [0.717, 1.165) is 36.5 Å². The van der Waals surface area contributed by atoms with Crippen LogP contribution >= 0.6 is 11.3 Å². The number of thiazole rings is 1. The molecule has 2 aliphatic heterocycles. The van der Waals surface area contributed by atoms with Crippen molar-refractivity contribution in [3.63, 3.8) is 0 Å². The molecule has 0 spiro atoms. The quantitative estimate of drug-likeness (QED) is 0.461. The van der Waals surface area contributed by atoms with Gasteiger partial charge in [-0.2, -0.15) is 0 Å². The number of carbonyl (C=O) groups is 4. The number of nitrogens with one attached hydrogen (secondary N) is 1. The highest BCUT2D eigenvalue weighted by atomic mass is 32.1. The number of esters is 1. The van der Waals surface area contributed by atoms with Crippen LogP contribution in [0.25, 0.3) is 10.6 Å². The monoisotopic (exact) mass is 571 g/mol. The van der Waals surface area contributed by atoms with Crippen LogP contribution in [-0.4, -0.2) is 94.7 Å². The highest BCUT2D eigenvalue weighted by Gasteiger charge is 2.33. The van der Waals surface area contributed by atoms with Gasteiger partial charge in [-0.25, -0.2) is 9.78 Å². The summed E-state index contributed by atoms with van der Waals surface area (Å²) in [7, 11) is 0. The fourth-order valence-electron chi connectivity index (χ4n) is 4.78. The van der Waals surface area contributed by atoms with Crippen molar-refractivity contribution in [2.45, 2.75) is 58.1 Å². The van der Waals surface area contributed by atoms with Gasteiger partial charge in [-0.05, 0) is 40.0 Å². The number of aromatic nitrogens is 1. The number of amides is 3. The number of carbonyl (C=O) groups excluding carboxylic acids is 3. The van der Waals surface area contributed by atoms with Crippen LogP contribution in [-0.2, 0) is 14.3 Å². The summed E-state index contributed by atoms with van der Waals surface area (Å²) in [5.41, 5.74) is 0.490. The third-order valence-corrected chi connectivity index (χ3v) is 7.93. The molecule has 2 aromatic rings. The third-order valence-electron chi connectivity index (χ3n) is 6.76. The van der Waals surface area contributed by atoms with Crippen LogP contribution in [0.15, 0.2) is 30.3 Å². The lowest BCUT2D eigenvalue weighted by atomic mass is 10.1. The zero-order valence-electron chi connectivity index (χ0n) is 23.2. The van der Waals surface area contributed by atoms with E-state index < -0.39 is 29.6 Å². The molecular formula is C28H37N5O6S. The lowest BCUT2D eigenvalue weighted by Gasteiger charge is -2.35.